The summed E-state index contributed by atoms with van der Waals surface area (Å²) < 4.78 is 0. The van der Waals surface area contributed by atoms with Crippen molar-refractivity contribution in [1.82, 2.24) is 0 Å². The van der Waals surface area contributed by atoms with Crippen LogP contribution in [0.1, 0.15) is 103 Å². The van der Waals surface area contributed by atoms with Crippen molar-refractivity contribution >= 4 is 12.6 Å². The monoisotopic (exact) mass is 325 g/mol. The van der Waals surface area contributed by atoms with Crippen LogP contribution >= 0.6 is 12.6 Å². The number of hydrogen-bond donors (Lipinski definition) is 2. The number of hydrogen-bond acceptors (Lipinski definition) is 2. The van der Waals surface area contributed by atoms with E-state index in [4.69, 9.17) is 5.73 Å². The highest BCUT2D eigenvalue weighted by atomic mass is 32.1. The first-order valence-corrected chi connectivity index (χ1v) is 9.87. The Labute approximate surface area is 145 Å². The van der Waals surface area contributed by atoms with E-state index in [1.807, 2.05) is 0 Å². The highest BCUT2D eigenvalue weighted by molar-refractivity contribution is 7.84. The van der Waals surface area contributed by atoms with E-state index in [9.17, 15) is 0 Å². The van der Waals surface area contributed by atoms with Gasteiger partial charge in [-0.05, 0) is 30.6 Å². The predicted octanol–water partition coefficient (Wildman–Crippen LogP) is 7.14. The summed E-state index contributed by atoms with van der Waals surface area (Å²) in [5, 5.41) is 0. The highest BCUT2D eigenvalue weighted by Crippen LogP contribution is 2.15. The second kappa shape index (κ2) is 17.0. The second-order valence-electron chi connectivity index (χ2n) is 6.67. The van der Waals surface area contributed by atoms with Gasteiger partial charge in [0.15, 0.2) is 0 Å². The van der Waals surface area contributed by atoms with Gasteiger partial charge in [0, 0.05) is 5.70 Å². The molecular weight excluding hydrogens is 286 g/mol. The fourth-order valence-electron chi connectivity index (χ4n) is 2.80. The molecule has 0 amide bonds. The van der Waals surface area contributed by atoms with Crippen LogP contribution in [0.2, 0.25) is 0 Å². The van der Waals surface area contributed by atoms with Crippen molar-refractivity contribution in [2.75, 3.05) is 0 Å². The van der Waals surface area contributed by atoms with Gasteiger partial charge < -0.3 is 5.73 Å². The van der Waals surface area contributed by atoms with Crippen LogP contribution in [0, 0.1) is 0 Å². The lowest BCUT2D eigenvalue weighted by Gasteiger charge is -2.04. The van der Waals surface area contributed by atoms with Crippen molar-refractivity contribution in [1.29, 1.82) is 0 Å². The Hall–Kier alpha value is -0.370. The van der Waals surface area contributed by atoms with Crippen molar-refractivity contribution in [3.8, 4) is 0 Å². The van der Waals surface area contributed by atoms with Gasteiger partial charge in [-0.3, -0.25) is 0 Å². The zero-order valence-corrected chi connectivity index (χ0v) is 15.6. The van der Waals surface area contributed by atoms with Crippen LogP contribution in [-0.4, -0.2) is 0 Å². The van der Waals surface area contributed by atoms with E-state index in [0.717, 1.165) is 23.4 Å². The van der Waals surface area contributed by atoms with Crippen LogP contribution < -0.4 is 5.73 Å². The van der Waals surface area contributed by atoms with Crippen LogP contribution in [0.25, 0.3) is 0 Å². The largest absolute Gasteiger partial charge is 0.403 e. The van der Waals surface area contributed by atoms with Crippen molar-refractivity contribution in [3.63, 3.8) is 0 Å². The molecule has 130 valence electrons. The fourth-order valence-corrected chi connectivity index (χ4v) is 2.96. The lowest BCUT2D eigenvalue weighted by Crippen LogP contribution is -1.93. The molecule has 1 nitrogen and oxygen atoms in total. The molecule has 0 saturated heterocycles. The van der Waals surface area contributed by atoms with Gasteiger partial charge in [0.1, 0.15) is 0 Å². The predicted molar refractivity (Wildman–Crippen MR) is 105 cm³/mol. The maximum Gasteiger partial charge on any atom is 0.000744 e. The Morgan fingerprint density at radius 2 is 0.818 bits per heavy atom. The third-order valence-electron chi connectivity index (χ3n) is 4.21. The third-order valence-corrected chi connectivity index (χ3v) is 4.44. The van der Waals surface area contributed by atoms with Gasteiger partial charge in [-0.2, -0.15) is 0 Å². The highest BCUT2D eigenvalue weighted by Gasteiger charge is 1.95. The first-order valence-electron chi connectivity index (χ1n) is 9.43. The normalized spacial score (nSPS) is 10.8. The lowest BCUT2D eigenvalue weighted by molar-refractivity contribution is 0.533. The minimum atomic E-state index is 0.840. The minimum Gasteiger partial charge on any atom is -0.403 e. The van der Waals surface area contributed by atoms with E-state index in [-0.39, 0.29) is 0 Å². The molecule has 0 fully saturated rings. The summed E-state index contributed by atoms with van der Waals surface area (Å²) in [7, 11) is 0. The summed E-state index contributed by atoms with van der Waals surface area (Å²) in [5.74, 6) is 0. The molecule has 0 radical (unpaired) electrons. The van der Waals surface area contributed by atoms with Crippen LogP contribution in [0.3, 0.4) is 0 Å². The zero-order valence-electron chi connectivity index (χ0n) is 14.8. The molecular formula is C20H39NS. The SMILES string of the molecule is C=C(N)CCCCCCCCCCCCCCCCC(=C)S. The van der Waals surface area contributed by atoms with Crippen molar-refractivity contribution in [2.45, 2.75) is 103 Å². The Morgan fingerprint density at radius 1 is 0.545 bits per heavy atom. The molecule has 0 heterocycles. The third kappa shape index (κ3) is 19.6. The molecule has 0 aliphatic carbocycles. The van der Waals surface area contributed by atoms with E-state index in [2.05, 4.69) is 25.8 Å². The molecule has 0 aliphatic heterocycles. The molecule has 2 heteroatoms. The first kappa shape index (κ1) is 21.6. The summed E-state index contributed by atoms with van der Waals surface area (Å²) in [6.45, 7) is 7.56. The van der Waals surface area contributed by atoms with Crippen molar-refractivity contribution < 1.29 is 0 Å². The smallest absolute Gasteiger partial charge is 0.000744 e. The number of allylic oxidation sites excluding steroid dienone is 2. The quantitative estimate of drug-likeness (QED) is 0.215. The minimum absolute atomic E-state index is 0.840. The number of nitrogens with two attached hydrogens (primary N) is 1. The molecule has 0 spiro atoms. The van der Waals surface area contributed by atoms with E-state index in [0.29, 0.717) is 0 Å². The maximum atomic E-state index is 5.56. The van der Waals surface area contributed by atoms with Gasteiger partial charge in [-0.1, -0.05) is 90.2 Å². The molecule has 0 atom stereocenters. The van der Waals surface area contributed by atoms with Crippen LogP contribution in [0.15, 0.2) is 23.8 Å². The Balaban J connectivity index is 2.99. The van der Waals surface area contributed by atoms with E-state index >= 15 is 0 Å². The topological polar surface area (TPSA) is 26.0 Å². The van der Waals surface area contributed by atoms with Gasteiger partial charge in [-0.25, -0.2) is 0 Å². The molecule has 0 rings (SSSR count). The Kier molecular flexibility index (Phi) is 16.7. The van der Waals surface area contributed by atoms with E-state index < -0.39 is 0 Å². The van der Waals surface area contributed by atoms with Gasteiger partial charge in [-0.15, -0.1) is 12.6 Å². The Morgan fingerprint density at radius 3 is 1.09 bits per heavy atom. The summed E-state index contributed by atoms with van der Waals surface area (Å²) in [5.41, 5.74) is 6.40. The number of unbranched alkanes of at least 4 members (excludes halogenated alkanes) is 13. The van der Waals surface area contributed by atoms with Crippen molar-refractivity contribution in [2.24, 2.45) is 5.73 Å². The number of thiol groups is 1. The summed E-state index contributed by atoms with van der Waals surface area (Å²) in [6.07, 6.45) is 21.3. The van der Waals surface area contributed by atoms with Crippen LogP contribution in [0.4, 0.5) is 0 Å². The first-order chi connectivity index (χ1) is 10.6. The van der Waals surface area contributed by atoms with E-state index in [1.165, 1.54) is 89.9 Å². The molecule has 0 aromatic heterocycles. The Bertz CT molecular complexity index is 245. The zero-order chi connectivity index (χ0) is 16.5. The molecule has 0 aromatic carbocycles. The maximum absolute atomic E-state index is 5.56. The molecule has 0 saturated carbocycles. The fraction of sp³-hybridized carbons (Fsp3) is 0.800. The molecule has 22 heavy (non-hydrogen) atoms. The van der Waals surface area contributed by atoms with Crippen LogP contribution in [0.5, 0.6) is 0 Å². The number of rotatable bonds is 17. The van der Waals surface area contributed by atoms with E-state index in [1.54, 1.807) is 0 Å². The second-order valence-corrected chi connectivity index (χ2v) is 7.31. The molecule has 0 aliphatic rings. The standard InChI is InChI=1S/C20H39NS/c1-19(21)17-15-13-11-9-7-5-3-4-6-8-10-12-14-16-18-20(2)22/h22H,1-18,21H2. The molecule has 0 aromatic rings. The van der Waals surface area contributed by atoms with Crippen molar-refractivity contribution in [3.05, 3.63) is 23.8 Å². The summed E-state index contributed by atoms with van der Waals surface area (Å²) in [4.78, 5) is 1.03. The lowest BCUT2D eigenvalue weighted by atomic mass is 10.0. The average molecular weight is 326 g/mol. The summed E-state index contributed by atoms with van der Waals surface area (Å²) in [6, 6.07) is 0. The van der Waals surface area contributed by atoms with Gasteiger partial charge in [0.25, 0.3) is 0 Å². The average Bonchev–Trinajstić information content (AvgIpc) is 2.46. The summed E-state index contributed by atoms with van der Waals surface area (Å²) >= 11 is 4.23. The molecule has 2 N–H and O–H groups in total. The molecule has 0 unspecified atom stereocenters. The van der Waals surface area contributed by atoms with Gasteiger partial charge in [0.2, 0.25) is 0 Å². The molecule has 0 bridgehead atoms. The van der Waals surface area contributed by atoms with Gasteiger partial charge >= 0.3 is 0 Å². The van der Waals surface area contributed by atoms with Crippen LogP contribution in [-0.2, 0) is 0 Å². The van der Waals surface area contributed by atoms with Gasteiger partial charge in [0.05, 0.1) is 0 Å².